The number of esters is 1. The number of fused-ring (bicyclic) bond motifs is 3. The van der Waals surface area contributed by atoms with Crippen LogP contribution in [0, 0.1) is 11.5 Å². The number of carbonyl (C=O) groups excluding carboxylic acids is 4. The van der Waals surface area contributed by atoms with Crippen LogP contribution < -0.4 is 20.4 Å². The van der Waals surface area contributed by atoms with Gasteiger partial charge >= 0.3 is 5.97 Å². The number of pyridine rings is 2. The van der Waals surface area contributed by atoms with Crippen LogP contribution in [-0.2, 0) is 25.7 Å². The predicted molar refractivity (Wildman–Crippen MR) is 265 cm³/mol. The molecule has 16 nitrogen and oxygen atoms in total. The van der Waals surface area contributed by atoms with Crippen molar-refractivity contribution in [1.29, 1.82) is 5.26 Å². The molecule has 3 unspecified atom stereocenters. The lowest BCUT2D eigenvalue weighted by atomic mass is 9.86. The molecule has 0 radical (unpaired) electrons. The number of piperidine rings is 3. The monoisotopic (exact) mass is 937 g/mol. The minimum atomic E-state index is -0.813. The molecular formula is C54H55N11O5. The van der Waals surface area contributed by atoms with Gasteiger partial charge in [-0.1, -0.05) is 54.6 Å². The Bertz CT molecular complexity index is 2930. The lowest BCUT2D eigenvalue weighted by Crippen LogP contribution is -2.68. The van der Waals surface area contributed by atoms with Crippen LogP contribution in [-0.4, -0.2) is 130 Å². The molecule has 356 valence electrons. The molecule has 6 saturated heterocycles. The molecule has 6 aromatic rings. The van der Waals surface area contributed by atoms with Crippen LogP contribution in [0.5, 0.6) is 0 Å². The number of rotatable bonds is 12. The fraction of sp³-hybridized carbons (Fsp3) is 0.352. The Kier molecular flexibility index (Phi) is 12.4. The van der Waals surface area contributed by atoms with E-state index in [4.69, 9.17) is 10.2 Å². The number of hydrogen-bond acceptors (Lipinski definition) is 13. The van der Waals surface area contributed by atoms with Crippen molar-refractivity contribution >= 4 is 46.4 Å². The maximum absolute atomic E-state index is 13.5. The molecule has 0 spiro atoms. The third-order valence-corrected chi connectivity index (χ3v) is 15.0. The van der Waals surface area contributed by atoms with Gasteiger partial charge in [-0.15, -0.1) is 5.26 Å². The quantitative estimate of drug-likeness (QED) is 0.0844. The standard InChI is InChI=1S/C54H55N11O5/c55-35-70-54(69)48-28-49-46(40-10-16-50(56-29-40)63-32-44-27-45(33-63)64(44)30-36-4-2-1-3-5-36)26-41(31-65(49)59-48)38-8-13-43(14-9-38)61-22-24-62(25-23-61)52(67)34-60-20-18-39(19-21-60)37-6-11-42(12-7-37)57-47-15-17-51(66)58-53(47)68/h1-14,16,26,28-29,31,39,44-45,47,57H,15,17-25,27,30,32-34H2,(H,58,66,68). The molecule has 6 aliphatic heterocycles. The Morgan fingerprint density at radius 2 is 1.54 bits per heavy atom. The summed E-state index contributed by atoms with van der Waals surface area (Å²) in [5.41, 5.74) is 8.87. The van der Waals surface area contributed by atoms with Gasteiger partial charge in [-0.25, -0.2) is 14.3 Å². The van der Waals surface area contributed by atoms with Gasteiger partial charge in [0.1, 0.15) is 11.9 Å². The fourth-order valence-electron chi connectivity index (χ4n) is 11.0. The highest BCUT2D eigenvalue weighted by atomic mass is 16.5. The molecule has 6 aliphatic rings. The molecular weight excluding hydrogens is 883 g/mol. The second-order valence-corrected chi connectivity index (χ2v) is 19.2. The van der Waals surface area contributed by atoms with Crippen molar-refractivity contribution in [2.45, 2.75) is 62.7 Å². The lowest BCUT2D eigenvalue weighted by Gasteiger charge is -2.56. The van der Waals surface area contributed by atoms with Gasteiger partial charge in [-0.3, -0.25) is 29.5 Å². The summed E-state index contributed by atoms with van der Waals surface area (Å²) in [7, 11) is 0. The van der Waals surface area contributed by atoms with Crippen LogP contribution in [0.2, 0.25) is 0 Å². The number of carbonyl (C=O) groups is 4. The number of likely N-dealkylation sites (tertiary alicyclic amines) is 1. The van der Waals surface area contributed by atoms with Crippen LogP contribution in [0.15, 0.2) is 116 Å². The maximum Gasteiger partial charge on any atom is 0.374 e. The Morgan fingerprint density at radius 1 is 0.800 bits per heavy atom. The number of piperazine rings is 2. The van der Waals surface area contributed by atoms with E-state index in [1.165, 1.54) is 23.8 Å². The summed E-state index contributed by atoms with van der Waals surface area (Å²) in [6.07, 6.45) is 9.24. The van der Waals surface area contributed by atoms with E-state index in [0.717, 1.165) is 98.1 Å². The van der Waals surface area contributed by atoms with Crippen molar-refractivity contribution in [3.63, 3.8) is 0 Å². The minimum absolute atomic E-state index is 0.0388. The third-order valence-electron chi connectivity index (χ3n) is 15.0. The summed E-state index contributed by atoms with van der Waals surface area (Å²) >= 11 is 0. The van der Waals surface area contributed by atoms with Crippen molar-refractivity contribution in [2.75, 3.05) is 74.0 Å². The lowest BCUT2D eigenvalue weighted by molar-refractivity contribution is -0.134. The smallest absolute Gasteiger partial charge is 0.374 e. The van der Waals surface area contributed by atoms with E-state index in [1.54, 1.807) is 10.6 Å². The first-order valence-electron chi connectivity index (χ1n) is 24.4. The van der Waals surface area contributed by atoms with Gasteiger partial charge in [-0.2, -0.15) is 5.10 Å². The van der Waals surface area contributed by atoms with Gasteiger partial charge in [0.2, 0.25) is 17.7 Å². The van der Waals surface area contributed by atoms with E-state index in [2.05, 4.69) is 125 Å². The molecule has 3 aromatic heterocycles. The number of nitriles is 1. The first-order chi connectivity index (χ1) is 34.2. The summed E-state index contributed by atoms with van der Waals surface area (Å²) in [6.45, 7) is 7.77. The summed E-state index contributed by atoms with van der Waals surface area (Å²) in [6, 6.07) is 35.8. The summed E-state index contributed by atoms with van der Waals surface area (Å²) in [5, 5.41) is 19.2. The van der Waals surface area contributed by atoms with E-state index in [-0.39, 0.29) is 23.4 Å². The molecule has 0 saturated carbocycles. The topological polar surface area (TPSA) is 172 Å². The zero-order valence-corrected chi connectivity index (χ0v) is 39.0. The highest BCUT2D eigenvalue weighted by Crippen LogP contribution is 2.37. The van der Waals surface area contributed by atoms with Gasteiger partial charge in [0.05, 0.1) is 12.1 Å². The van der Waals surface area contributed by atoms with E-state index in [9.17, 15) is 19.2 Å². The number of anilines is 3. The van der Waals surface area contributed by atoms with E-state index in [0.29, 0.717) is 56.0 Å². The molecule has 12 rings (SSSR count). The molecule has 3 amide bonds. The molecule has 70 heavy (non-hydrogen) atoms. The average Bonchev–Trinajstić information content (AvgIpc) is 3.84. The molecule has 3 atom stereocenters. The molecule has 2 bridgehead atoms. The summed E-state index contributed by atoms with van der Waals surface area (Å²) < 4.78 is 6.31. The third kappa shape index (κ3) is 9.42. The van der Waals surface area contributed by atoms with Crippen molar-refractivity contribution in [3.8, 4) is 28.5 Å². The zero-order valence-electron chi connectivity index (χ0n) is 39.0. The molecule has 2 N–H and O–H groups in total. The van der Waals surface area contributed by atoms with Crippen LogP contribution in [0.1, 0.15) is 59.6 Å². The maximum atomic E-state index is 13.5. The van der Waals surface area contributed by atoms with Crippen molar-refractivity contribution in [2.24, 2.45) is 0 Å². The number of amides is 3. The van der Waals surface area contributed by atoms with E-state index >= 15 is 0 Å². The average molecular weight is 938 g/mol. The Balaban J connectivity index is 0.697. The number of nitrogens with one attached hydrogen (secondary N) is 2. The van der Waals surface area contributed by atoms with Crippen LogP contribution in [0.4, 0.5) is 17.2 Å². The molecule has 16 heteroatoms. The molecule has 0 aliphatic carbocycles. The number of benzene rings is 3. The van der Waals surface area contributed by atoms with Crippen LogP contribution in [0.25, 0.3) is 27.8 Å². The van der Waals surface area contributed by atoms with Crippen molar-refractivity contribution in [3.05, 3.63) is 132 Å². The van der Waals surface area contributed by atoms with Crippen molar-refractivity contribution < 1.29 is 23.9 Å². The first-order valence-corrected chi connectivity index (χ1v) is 24.4. The summed E-state index contributed by atoms with van der Waals surface area (Å²) in [4.78, 5) is 66.4. The number of imide groups is 1. The Labute approximate surface area is 406 Å². The van der Waals surface area contributed by atoms with E-state index in [1.807, 2.05) is 29.4 Å². The predicted octanol–water partition coefficient (Wildman–Crippen LogP) is 5.91. The highest BCUT2D eigenvalue weighted by molar-refractivity contribution is 6.01. The summed E-state index contributed by atoms with van der Waals surface area (Å²) in [5.74, 6) is 0.218. The van der Waals surface area contributed by atoms with Gasteiger partial charge in [-0.05, 0) is 110 Å². The van der Waals surface area contributed by atoms with Crippen molar-refractivity contribution in [1.82, 2.24) is 34.6 Å². The van der Waals surface area contributed by atoms with Gasteiger partial charge in [0.15, 0.2) is 5.69 Å². The molecule has 6 fully saturated rings. The normalized spacial score (nSPS) is 21.0. The Morgan fingerprint density at radius 3 is 2.24 bits per heavy atom. The second kappa shape index (κ2) is 19.4. The SMILES string of the molecule is N#COC(=O)c1cc2c(-c3ccc(N4CC5CC(C4)N5Cc4ccccc4)nc3)cc(-c3ccc(N4CCN(C(=O)CN5CCC(c6ccc(NC7CCC(=O)NC7=O)cc6)CC5)CC4)cc3)cn2n1. The fourth-order valence-corrected chi connectivity index (χ4v) is 11.0. The van der Waals surface area contributed by atoms with Gasteiger partial charge < -0.3 is 24.8 Å². The van der Waals surface area contributed by atoms with Gasteiger partial charge in [0.25, 0.3) is 6.26 Å². The Hall–Kier alpha value is -7.61. The highest BCUT2D eigenvalue weighted by Gasteiger charge is 2.44. The number of hydrogen-bond donors (Lipinski definition) is 2. The molecule has 9 heterocycles. The van der Waals surface area contributed by atoms with Gasteiger partial charge in [0, 0.05) is 105 Å². The minimum Gasteiger partial charge on any atom is -0.374 e. The number of aromatic nitrogens is 3. The largest absolute Gasteiger partial charge is 0.374 e. The van der Waals surface area contributed by atoms with Crippen LogP contribution in [0.3, 0.4) is 0 Å². The second-order valence-electron chi connectivity index (χ2n) is 19.2. The number of ether oxygens (including phenoxy) is 1. The number of nitrogens with zero attached hydrogens (tertiary/aromatic N) is 9. The van der Waals surface area contributed by atoms with Crippen LogP contribution >= 0.6 is 0 Å². The first kappa shape index (κ1) is 44.9. The molecule has 3 aromatic carbocycles. The van der Waals surface area contributed by atoms with E-state index < -0.39 is 12.0 Å². The zero-order chi connectivity index (χ0) is 47.7.